The van der Waals surface area contributed by atoms with Gasteiger partial charge in [0.2, 0.25) is 17.8 Å². The van der Waals surface area contributed by atoms with Gasteiger partial charge in [0.05, 0.1) is 26.4 Å². The van der Waals surface area contributed by atoms with E-state index in [1.54, 1.807) is 6.08 Å². The summed E-state index contributed by atoms with van der Waals surface area (Å²) >= 11 is 0. The topological polar surface area (TPSA) is 119 Å². The van der Waals surface area contributed by atoms with E-state index in [-0.39, 0.29) is 0 Å². The van der Waals surface area contributed by atoms with E-state index >= 15 is 0 Å². The largest absolute Gasteiger partial charge is 0.378 e. The molecule has 9 nitrogen and oxygen atoms in total. The third-order valence-corrected chi connectivity index (χ3v) is 3.74. The molecule has 1 aromatic heterocycles. The van der Waals surface area contributed by atoms with Crippen LogP contribution in [0.3, 0.4) is 0 Å². The number of aromatic nitrogens is 3. The van der Waals surface area contributed by atoms with E-state index in [1.807, 2.05) is 18.2 Å². The van der Waals surface area contributed by atoms with Gasteiger partial charge in [-0.05, 0) is 12.0 Å². The SMILES string of the molecule is C=CCNc1nc(NCCOCCOCCN)nc(NCCc2ccccc2)n1. The van der Waals surface area contributed by atoms with Crippen LogP contribution in [0.2, 0.25) is 0 Å². The van der Waals surface area contributed by atoms with Gasteiger partial charge in [0.25, 0.3) is 0 Å². The molecule has 0 aliphatic rings. The molecule has 0 saturated heterocycles. The lowest BCUT2D eigenvalue weighted by Gasteiger charge is -2.11. The number of nitrogens with two attached hydrogens (primary N) is 1. The van der Waals surface area contributed by atoms with E-state index in [0.29, 0.717) is 63.9 Å². The zero-order valence-corrected chi connectivity index (χ0v) is 16.8. The predicted octanol–water partition coefficient (Wildman–Crippen LogP) is 1.53. The molecular formula is C20H31N7O2. The van der Waals surface area contributed by atoms with Gasteiger partial charge < -0.3 is 31.2 Å². The molecule has 0 aliphatic heterocycles. The zero-order chi connectivity index (χ0) is 20.6. The summed E-state index contributed by atoms with van der Waals surface area (Å²) in [5.74, 6) is 1.48. The van der Waals surface area contributed by atoms with Crippen LogP contribution < -0.4 is 21.7 Å². The number of ether oxygens (including phenoxy) is 2. The molecule has 5 N–H and O–H groups in total. The van der Waals surface area contributed by atoms with E-state index in [4.69, 9.17) is 15.2 Å². The normalized spacial score (nSPS) is 10.5. The van der Waals surface area contributed by atoms with Gasteiger partial charge in [0.15, 0.2) is 0 Å². The van der Waals surface area contributed by atoms with E-state index in [1.165, 1.54) is 5.56 Å². The highest BCUT2D eigenvalue weighted by atomic mass is 16.5. The fraction of sp³-hybridized carbons (Fsp3) is 0.450. The van der Waals surface area contributed by atoms with Crippen LogP contribution in [0.1, 0.15) is 5.56 Å². The Morgan fingerprint density at radius 2 is 1.45 bits per heavy atom. The maximum absolute atomic E-state index is 5.50. The number of rotatable bonds is 16. The van der Waals surface area contributed by atoms with E-state index in [2.05, 4.69) is 49.6 Å². The Hall–Kier alpha value is -2.75. The Kier molecular flexibility index (Phi) is 11.1. The molecule has 0 fully saturated rings. The van der Waals surface area contributed by atoms with Gasteiger partial charge in [0.1, 0.15) is 0 Å². The van der Waals surface area contributed by atoms with Crippen molar-refractivity contribution in [1.82, 2.24) is 15.0 Å². The average Bonchev–Trinajstić information content (AvgIpc) is 2.75. The number of benzene rings is 1. The molecule has 29 heavy (non-hydrogen) atoms. The van der Waals surface area contributed by atoms with Crippen molar-refractivity contribution < 1.29 is 9.47 Å². The summed E-state index contributed by atoms with van der Waals surface area (Å²) in [6.45, 7) is 8.21. The fourth-order valence-electron chi connectivity index (χ4n) is 2.38. The summed E-state index contributed by atoms with van der Waals surface area (Å²) in [5.41, 5.74) is 6.61. The minimum absolute atomic E-state index is 0.483. The Labute approximate surface area is 172 Å². The van der Waals surface area contributed by atoms with Crippen LogP contribution in [0, 0.1) is 0 Å². The van der Waals surface area contributed by atoms with Crippen LogP contribution in [-0.4, -0.2) is 67.6 Å². The molecule has 2 rings (SSSR count). The number of anilines is 3. The van der Waals surface area contributed by atoms with Crippen molar-refractivity contribution in [3.63, 3.8) is 0 Å². The molecule has 1 heterocycles. The second kappa shape index (κ2) is 14.3. The lowest BCUT2D eigenvalue weighted by atomic mass is 10.1. The second-order valence-electron chi connectivity index (χ2n) is 6.08. The first-order valence-corrected chi connectivity index (χ1v) is 9.80. The summed E-state index contributed by atoms with van der Waals surface area (Å²) in [4.78, 5) is 13.2. The number of nitrogens with one attached hydrogen (secondary N) is 3. The minimum atomic E-state index is 0.483. The quantitative estimate of drug-likeness (QED) is 0.245. The van der Waals surface area contributed by atoms with Crippen molar-refractivity contribution in [3.05, 3.63) is 48.6 Å². The van der Waals surface area contributed by atoms with Crippen molar-refractivity contribution in [3.8, 4) is 0 Å². The van der Waals surface area contributed by atoms with Crippen molar-refractivity contribution in [1.29, 1.82) is 0 Å². The number of hydrogen-bond donors (Lipinski definition) is 4. The second-order valence-corrected chi connectivity index (χ2v) is 6.08. The van der Waals surface area contributed by atoms with Gasteiger partial charge in [-0.1, -0.05) is 36.4 Å². The summed E-state index contributed by atoms with van der Waals surface area (Å²) < 4.78 is 10.8. The summed E-state index contributed by atoms with van der Waals surface area (Å²) in [6.07, 6.45) is 2.63. The van der Waals surface area contributed by atoms with Crippen LogP contribution in [0.15, 0.2) is 43.0 Å². The molecular weight excluding hydrogens is 370 g/mol. The first kappa shape index (κ1) is 22.5. The smallest absolute Gasteiger partial charge is 0.229 e. The molecule has 158 valence electrons. The molecule has 0 amide bonds. The van der Waals surface area contributed by atoms with Crippen molar-refractivity contribution >= 4 is 17.8 Å². The van der Waals surface area contributed by atoms with Crippen LogP contribution in [0.25, 0.3) is 0 Å². The van der Waals surface area contributed by atoms with Gasteiger partial charge in [-0.2, -0.15) is 15.0 Å². The average molecular weight is 402 g/mol. The molecule has 2 aromatic rings. The van der Waals surface area contributed by atoms with Gasteiger partial charge in [-0.3, -0.25) is 0 Å². The molecule has 0 saturated carbocycles. The first-order chi connectivity index (χ1) is 14.3. The lowest BCUT2D eigenvalue weighted by Crippen LogP contribution is -2.17. The maximum Gasteiger partial charge on any atom is 0.229 e. The van der Waals surface area contributed by atoms with Gasteiger partial charge >= 0.3 is 0 Å². The molecule has 0 aliphatic carbocycles. The highest BCUT2D eigenvalue weighted by molar-refractivity contribution is 5.42. The third-order valence-electron chi connectivity index (χ3n) is 3.74. The summed E-state index contributed by atoms with van der Waals surface area (Å²) in [6, 6.07) is 10.3. The van der Waals surface area contributed by atoms with E-state index in [9.17, 15) is 0 Å². The molecule has 0 bridgehead atoms. The Morgan fingerprint density at radius 1 is 0.828 bits per heavy atom. The predicted molar refractivity (Wildman–Crippen MR) is 116 cm³/mol. The summed E-state index contributed by atoms with van der Waals surface area (Å²) in [5, 5.41) is 9.51. The molecule has 0 atom stereocenters. The highest BCUT2D eigenvalue weighted by Crippen LogP contribution is 2.09. The molecule has 0 unspecified atom stereocenters. The van der Waals surface area contributed by atoms with E-state index < -0.39 is 0 Å². The van der Waals surface area contributed by atoms with Crippen molar-refractivity contribution in [2.75, 3.05) is 68.6 Å². The Balaban J connectivity index is 1.80. The molecule has 0 radical (unpaired) electrons. The van der Waals surface area contributed by atoms with Gasteiger partial charge in [-0.25, -0.2) is 0 Å². The Morgan fingerprint density at radius 3 is 2.10 bits per heavy atom. The van der Waals surface area contributed by atoms with Gasteiger partial charge in [-0.15, -0.1) is 6.58 Å². The first-order valence-electron chi connectivity index (χ1n) is 9.80. The van der Waals surface area contributed by atoms with Crippen molar-refractivity contribution in [2.24, 2.45) is 5.73 Å². The van der Waals surface area contributed by atoms with E-state index in [0.717, 1.165) is 13.0 Å². The van der Waals surface area contributed by atoms with Gasteiger partial charge in [0, 0.05) is 26.2 Å². The molecule has 0 spiro atoms. The Bertz CT molecular complexity index is 700. The molecule has 9 heteroatoms. The lowest BCUT2D eigenvalue weighted by molar-refractivity contribution is 0.0547. The summed E-state index contributed by atoms with van der Waals surface area (Å²) in [7, 11) is 0. The molecule has 1 aromatic carbocycles. The zero-order valence-electron chi connectivity index (χ0n) is 16.8. The fourth-order valence-corrected chi connectivity index (χ4v) is 2.38. The highest BCUT2D eigenvalue weighted by Gasteiger charge is 2.06. The number of hydrogen-bond acceptors (Lipinski definition) is 9. The maximum atomic E-state index is 5.50. The third kappa shape index (κ3) is 9.84. The van der Waals surface area contributed by atoms with Crippen LogP contribution in [0.4, 0.5) is 17.8 Å². The van der Waals surface area contributed by atoms with Crippen LogP contribution >= 0.6 is 0 Å². The monoisotopic (exact) mass is 401 g/mol. The standard InChI is InChI=1S/C20H31N7O2/c1-2-10-22-18-25-19(23-11-8-17-6-4-3-5-7-17)27-20(26-18)24-12-14-29-16-15-28-13-9-21/h2-7H,1,8-16,21H2,(H3,22,23,24,25,26,27). The van der Waals surface area contributed by atoms with Crippen LogP contribution in [0.5, 0.6) is 0 Å². The van der Waals surface area contributed by atoms with Crippen LogP contribution in [-0.2, 0) is 15.9 Å². The minimum Gasteiger partial charge on any atom is -0.378 e. The van der Waals surface area contributed by atoms with Crippen molar-refractivity contribution in [2.45, 2.75) is 6.42 Å². The number of nitrogens with zero attached hydrogens (tertiary/aromatic N) is 3.